The van der Waals surface area contributed by atoms with Gasteiger partial charge in [-0.1, -0.05) is 20.8 Å². The van der Waals surface area contributed by atoms with E-state index in [1.54, 1.807) is 0 Å². The molecule has 1 atom stereocenters. The molecular formula is C10H22N2O4S. The van der Waals surface area contributed by atoms with Crippen molar-refractivity contribution in [3.05, 3.63) is 0 Å². The molecule has 0 spiro atoms. The lowest BCUT2D eigenvalue weighted by molar-refractivity contribution is -0.140. The number of aliphatic carboxylic acids is 1. The Morgan fingerprint density at radius 1 is 1.29 bits per heavy atom. The highest BCUT2D eigenvalue weighted by Crippen LogP contribution is 2.02. The normalized spacial score (nSPS) is 13.9. The summed E-state index contributed by atoms with van der Waals surface area (Å²) in [6, 6.07) is 0. The molecule has 0 aliphatic heterocycles. The second-order valence-corrected chi connectivity index (χ2v) is 5.75. The number of nitrogens with zero attached hydrogens (tertiary/aromatic N) is 1. The number of carboxylic acid groups (broad SMARTS) is 1. The number of rotatable bonds is 9. The summed E-state index contributed by atoms with van der Waals surface area (Å²) >= 11 is 0. The van der Waals surface area contributed by atoms with E-state index in [2.05, 4.69) is 4.72 Å². The Morgan fingerprint density at radius 2 is 1.76 bits per heavy atom. The highest BCUT2D eigenvalue weighted by Gasteiger charge is 2.22. The van der Waals surface area contributed by atoms with Crippen LogP contribution in [0, 0.1) is 5.92 Å². The summed E-state index contributed by atoms with van der Waals surface area (Å²) in [5.41, 5.74) is 0. The smallest absolute Gasteiger partial charge is 0.307 e. The van der Waals surface area contributed by atoms with Crippen LogP contribution in [0.3, 0.4) is 0 Å². The van der Waals surface area contributed by atoms with Crippen molar-refractivity contribution in [3.63, 3.8) is 0 Å². The highest BCUT2D eigenvalue weighted by molar-refractivity contribution is 7.87. The van der Waals surface area contributed by atoms with E-state index in [1.165, 1.54) is 11.2 Å². The van der Waals surface area contributed by atoms with Gasteiger partial charge < -0.3 is 5.11 Å². The molecule has 0 heterocycles. The largest absolute Gasteiger partial charge is 0.481 e. The summed E-state index contributed by atoms with van der Waals surface area (Å²) in [4.78, 5) is 10.6. The molecule has 102 valence electrons. The second kappa shape index (κ2) is 7.62. The van der Waals surface area contributed by atoms with E-state index in [0.29, 0.717) is 13.1 Å². The number of nitrogens with one attached hydrogen (secondary N) is 1. The van der Waals surface area contributed by atoms with E-state index in [0.717, 1.165) is 12.8 Å². The van der Waals surface area contributed by atoms with Crippen LogP contribution in [0.15, 0.2) is 0 Å². The second-order valence-electron chi connectivity index (χ2n) is 3.99. The molecule has 1 unspecified atom stereocenters. The molecule has 6 nitrogen and oxygen atoms in total. The quantitative estimate of drug-likeness (QED) is 0.642. The first-order valence-corrected chi connectivity index (χ1v) is 7.26. The number of carboxylic acids is 1. The van der Waals surface area contributed by atoms with Crippen molar-refractivity contribution in [2.24, 2.45) is 5.92 Å². The first-order valence-electron chi connectivity index (χ1n) is 5.82. The van der Waals surface area contributed by atoms with Crippen molar-refractivity contribution in [2.75, 3.05) is 19.6 Å². The summed E-state index contributed by atoms with van der Waals surface area (Å²) in [6.45, 7) is 6.09. The Kier molecular flexibility index (Phi) is 7.33. The molecule has 0 aromatic carbocycles. The van der Waals surface area contributed by atoms with Crippen LogP contribution in [0.25, 0.3) is 0 Å². The van der Waals surface area contributed by atoms with Gasteiger partial charge in [0.05, 0.1) is 5.92 Å². The summed E-state index contributed by atoms with van der Waals surface area (Å²) in [5.74, 6) is -1.74. The van der Waals surface area contributed by atoms with Crippen molar-refractivity contribution >= 4 is 16.2 Å². The van der Waals surface area contributed by atoms with Gasteiger partial charge in [-0.05, 0) is 12.8 Å². The predicted molar refractivity (Wildman–Crippen MR) is 65.9 cm³/mol. The van der Waals surface area contributed by atoms with Gasteiger partial charge in [-0.2, -0.15) is 12.7 Å². The maximum Gasteiger partial charge on any atom is 0.307 e. The molecule has 0 amide bonds. The molecule has 0 aromatic rings. The third-order valence-corrected chi connectivity index (χ3v) is 3.86. The zero-order valence-corrected chi connectivity index (χ0v) is 11.5. The maximum absolute atomic E-state index is 11.9. The molecule has 0 fully saturated rings. The van der Waals surface area contributed by atoms with Crippen LogP contribution in [0.5, 0.6) is 0 Å². The molecule has 0 saturated carbocycles. The van der Waals surface area contributed by atoms with Crippen molar-refractivity contribution in [1.29, 1.82) is 0 Å². The van der Waals surface area contributed by atoms with Crippen LogP contribution < -0.4 is 4.72 Å². The molecule has 0 rings (SSSR count). The third-order valence-electron chi connectivity index (χ3n) is 2.28. The van der Waals surface area contributed by atoms with Crippen LogP contribution >= 0.6 is 0 Å². The first-order chi connectivity index (χ1) is 7.85. The SMILES string of the molecule is CCCN(CCC)S(=O)(=O)NCC(C)C(=O)O. The Hall–Kier alpha value is -0.660. The molecule has 17 heavy (non-hydrogen) atoms. The van der Waals surface area contributed by atoms with E-state index in [-0.39, 0.29) is 6.54 Å². The summed E-state index contributed by atoms with van der Waals surface area (Å²) in [5, 5.41) is 8.68. The van der Waals surface area contributed by atoms with Crippen LogP contribution in [0.1, 0.15) is 33.6 Å². The van der Waals surface area contributed by atoms with Crippen LogP contribution in [0.4, 0.5) is 0 Å². The minimum atomic E-state index is -3.56. The molecule has 0 radical (unpaired) electrons. The number of hydrogen-bond acceptors (Lipinski definition) is 3. The summed E-state index contributed by atoms with van der Waals surface area (Å²) in [6.07, 6.45) is 1.46. The fourth-order valence-electron chi connectivity index (χ4n) is 1.26. The average molecular weight is 266 g/mol. The molecule has 0 saturated heterocycles. The number of carbonyl (C=O) groups is 1. The van der Waals surface area contributed by atoms with Crippen molar-refractivity contribution in [2.45, 2.75) is 33.6 Å². The van der Waals surface area contributed by atoms with Gasteiger partial charge in [0.25, 0.3) is 10.2 Å². The van der Waals surface area contributed by atoms with Crippen molar-refractivity contribution in [3.8, 4) is 0 Å². The zero-order valence-electron chi connectivity index (χ0n) is 10.6. The lowest BCUT2D eigenvalue weighted by atomic mass is 10.2. The molecule has 0 aromatic heterocycles. The van der Waals surface area contributed by atoms with Gasteiger partial charge >= 0.3 is 5.97 Å². The maximum atomic E-state index is 11.9. The average Bonchev–Trinajstić information content (AvgIpc) is 2.25. The molecule has 0 aliphatic carbocycles. The van der Waals surface area contributed by atoms with Gasteiger partial charge in [-0.3, -0.25) is 4.79 Å². The van der Waals surface area contributed by atoms with Crippen molar-refractivity contribution in [1.82, 2.24) is 9.03 Å². The van der Waals surface area contributed by atoms with Gasteiger partial charge in [-0.25, -0.2) is 4.72 Å². The third kappa shape index (κ3) is 5.99. The molecular weight excluding hydrogens is 244 g/mol. The fraction of sp³-hybridized carbons (Fsp3) is 0.900. The van der Waals surface area contributed by atoms with Gasteiger partial charge in [0, 0.05) is 19.6 Å². The Labute approximate surface area is 103 Å². The van der Waals surface area contributed by atoms with E-state index in [1.807, 2.05) is 13.8 Å². The van der Waals surface area contributed by atoms with Gasteiger partial charge in [-0.15, -0.1) is 0 Å². The van der Waals surface area contributed by atoms with E-state index in [9.17, 15) is 13.2 Å². The fourth-order valence-corrected chi connectivity index (χ4v) is 2.75. The van der Waals surface area contributed by atoms with Gasteiger partial charge in [0.1, 0.15) is 0 Å². The standard InChI is InChI=1S/C10H22N2O4S/c1-4-6-12(7-5-2)17(15,16)11-8-9(3)10(13)14/h9,11H,4-8H2,1-3H3,(H,13,14). The minimum absolute atomic E-state index is 0.0818. The van der Waals surface area contributed by atoms with E-state index >= 15 is 0 Å². The van der Waals surface area contributed by atoms with Crippen LogP contribution in [-0.2, 0) is 15.0 Å². The van der Waals surface area contributed by atoms with E-state index < -0.39 is 22.1 Å². The predicted octanol–water partition coefficient (Wildman–Crippen LogP) is 0.664. The Morgan fingerprint density at radius 3 is 2.12 bits per heavy atom. The lowest BCUT2D eigenvalue weighted by Crippen LogP contribution is -2.43. The molecule has 0 aliphatic rings. The summed E-state index contributed by atoms with van der Waals surface area (Å²) in [7, 11) is -3.56. The Balaban J connectivity index is 4.47. The Bertz CT molecular complexity index is 323. The zero-order chi connectivity index (χ0) is 13.5. The van der Waals surface area contributed by atoms with Gasteiger partial charge in [0.15, 0.2) is 0 Å². The molecule has 2 N–H and O–H groups in total. The lowest BCUT2D eigenvalue weighted by Gasteiger charge is -2.21. The molecule has 0 bridgehead atoms. The van der Waals surface area contributed by atoms with Crippen LogP contribution in [-0.4, -0.2) is 43.4 Å². The van der Waals surface area contributed by atoms with Gasteiger partial charge in [0.2, 0.25) is 0 Å². The monoisotopic (exact) mass is 266 g/mol. The topological polar surface area (TPSA) is 86.7 Å². The first kappa shape index (κ1) is 16.3. The van der Waals surface area contributed by atoms with Crippen LogP contribution in [0.2, 0.25) is 0 Å². The summed E-state index contributed by atoms with van der Waals surface area (Å²) < 4.78 is 27.4. The minimum Gasteiger partial charge on any atom is -0.481 e. The highest BCUT2D eigenvalue weighted by atomic mass is 32.2. The van der Waals surface area contributed by atoms with Crippen molar-refractivity contribution < 1.29 is 18.3 Å². The number of hydrogen-bond donors (Lipinski definition) is 2. The van der Waals surface area contributed by atoms with E-state index in [4.69, 9.17) is 5.11 Å². The molecule has 7 heteroatoms.